The first-order valence-corrected chi connectivity index (χ1v) is 8.62. The zero-order valence-electron chi connectivity index (χ0n) is 16.5. The summed E-state index contributed by atoms with van der Waals surface area (Å²) in [6.45, 7) is 8.21. The van der Waals surface area contributed by atoms with Gasteiger partial charge in [-0.3, -0.25) is 14.4 Å². The largest absolute Gasteiger partial charge is 0.496 e. The molecule has 0 fully saturated rings. The molecule has 3 atom stereocenters. The van der Waals surface area contributed by atoms with E-state index in [1.54, 1.807) is 19.2 Å². The average Bonchev–Trinajstić information content (AvgIpc) is 2.60. The van der Waals surface area contributed by atoms with Crippen LogP contribution in [0, 0.1) is 13.8 Å². The molecular formula is C19H27N3O5. The maximum absolute atomic E-state index is 12.4. The van der Waals surface area contributed by atoms with Gasteiger partial charge < -0.3 is 25.5 Å². The van der Waals surface area contributed by atoms with Crippen LogP contribution in [-0.4, -0.2) is 49.2 Å². The lowest BCUT2D eigenvalue weighted by atomic mass is 10.0. The fraction of sp³-hybridized carbons (Fsp3) is 0.474. The highest BCUT2D eigenvalue weighted by Gasteiger charge is 2.22. The number of hydrogen-bond donors (Lipinski definition) is 3. The monoisotopic (exact) mass is 377 g/mol. The normalized spacial score (nSPS) is 13.7. The first-order chi connectivity index (χ1) is 12.6. The second-order valence-corrected chi connectivity index (χ2v) is 6.50. The summed E-state index contributed by atoms with van der Waals surface area (Å²) in [7, 11) is 1.56. The van der Waals surface area contributed by atoms with E-state index in [-0.39, 0.29) is 0 Å². The summed E-state index contributed by atoms with van der Waals surface area (Å²) >= 11 is 0. The van der Waals surface area contributed by atoms with E-state index >= 15 is 0 Å². The molecule has 27 heavy (non-hydrogen) atoms. The fourth-order valence-electron chi connectivity index (χ4n) is 2.54. The summed E-state index contributed by atoms with van der Waals surface area (Å²) in [6.07, 6.45) is 0.591. The molecule has 8 heteroatoms. The highest BCUT2D eigenvalue weighted by atomic mass is 16.5. The summed E-state index contributed by atoms with van der Waals surface area (Å²) < 4.78 is 5.28. The van der Waals surface area contributed by atoms with E-state index in [1.165, 1.54) is 20.8 Å². The van der Waals surface area contributed by atoms with Crippen molar-refractivity contribution in [1.29, 1.82) is 0 Å². The van der Waals surface area contributed by atoms with Gasteiger partial charge in [0.2, 0.25) is 11.8 Å². The van der Waals surface area contributed by atoms with E-state index in [0.29, 0.717) is 17.6 Å². The molecule has 1 aromatic carbocycles. The van der Waals surface area contributed by atoms with Gasteiger partial charge in [-0.1, -0.05) is 0 Å². The number of hydrogen-bond acceptors (Lipinski definition) is 5. The topological polar surface area (TPSA) is 114 Å². The van der Waals surface area contributed by atoms with Crippen molar-refractivity contribution in [3.8, 4) is 5.75 Å². The van der Waals surface area contributed by atoms with E-state index < -0.39 is 35.8 Å². The SMILES string of the molecule is COc1c(C)cc(C(=O)N[C@@H](C)C(=O)NC(C)C(=O)N[C@@H](C)C=O)cc1C. The average molecular weight is 377 g/mol. The first kappa shape index (κ1) is 22.1. The van der Waals surface area contributed by atoms with E-state index in [0.717, 1.165) is 11.1 Å². The molecule has 148 valence electrons. The van der Waals surface area contributed by atoms with Crippen LogP contribution in [0.1, 0.15) is 42.3 Å². The number of nitrogens with one attached hydrogen (secondary N) is 3. The fourth-order valence-corrected chi connectivity index (χ4v) is 2.54. The predicted octanol–water partition coefficient (Wildman–Crippen LogP) is 0.639. The lowest BCUT2D eigenvalue weighted by Crippen LogP contribution is -2.52. The molecule has 1 rings (SSSR count). The van der Waals surface area contributed by atoms with Gasteiger partial charge in [-0.15, -0.1) is 0 Å². The molecule has 0 saturated carbocycles. The van der Waals surface area contributed by atoms with Crippen LogP contribution in [0.25, 0.3) is 0 Å². The van der Waals surface area contributed by atoms with Crippen molar-refractivity contribution >= 4 is 24.0 Å². The predicted molar refractivity (Wildman–Crippen MR) is 101 cm³/mol. The molecule has 0 aliphatic rings. The molecule has 0 bridgehead atoms. The number of rotatable bonds is 8. The van der Waals surface area contributed by atoms with Crippen LogP contribution in [0.3, 0.4) is 0 Å². The van der Waals surface area contributed by atoms with E-state index in [9.17, 15) is 19.2 Å². The maximum Gasteiger partial charge on any atom is 0.251 e. The third-order valence-electron chi connectivity index (χ3n) is 3.99. The number of carbonyl (C=O) groups is 4. The Morgan fingerprint density at radius 2 is 1.41 bits per heavy atom. The minimum absolute atomic E-state index is 0.404. The minimum Gasteiger partial charge on any atom is -0.496 e. The van der Waals surface area contributed by atoms with Gasteiger partial charge in [0.25, 0.3) is 5.91 Å². The van der Waals surface area contributed by atoms with Gasteiger partial charge in [0.15, 0.2) is 0 Å². The molecule has 0 saturated heterocycles. The molecule has 0 aliphatic heterocycles. The quantitative estimate of drug-likeness (QED) is 0.575. The lowest BCUT2D eigenvalue weighted by molar-refractivity contribution is -0.130. The first-order valence-electron chi connectivity index (χ1n) is 8.62. The van der Waals surface area contributed by atoms with Crippen LogP contribution in [0.2, 0.25) is 0 Å². The van der Waals surface area contributed by atoms with Gasteiger partial charge in [-0.2, -0.15) is 0 Å². The van der Waals surface area contributed by atoms with Gasteiger partial charge in [-0.25, -0.2) is 0 Å². The molecular weight excluding hydrogens is 350 g/mol. The Balaban J connectivity index is 2.71. The zero-order chi connectivity index (χ0) is 20.7. The van der Waals surface area contributed by atoms with E-state index in [2.05, 4.69) is 16.0 Å². The molecule has 0 spiro atoms. The van der Waals surface area contributed by atoms with Crippen molar-refractivity contribution in [2.75, 3.05) is 7.11 Å². The molecule has 0 radical (unpaired) electrons. The Morgan fingerprint density at radius 1 is 0.926 bits per heavy atom. The molecule has 0 aliphatic carbocycles. The van der Waals surface area contributed by atoms with Crippen LogP contribution >= 0.6 is 0 Å². The zero-order valence-corrected chi connectivity index (χ0v) is 16.5. The standard InChI is InChI=1S/C19H27N3O5/c1-10-7-15(8-11(2)16(10)27-6)19(26)22-14(5)18(25)21-13(4)17(24)20-12(3)9-23/h7-9,12-14H,1-6H3,(H,20,24)(H,21,25)(H,22,26)/t12-,13?,14-/m0/s1. The van der Waals surface area contributed by atoms with Crippen molar-refractivity contribution in [3.63, 3.8) is 0 Å². The van der Waals surface area contributed by atoms with Crippen LogP contribution in [-0.2, 0) is 14.4 Å². The Kier molecular flexibility index (Phi) is 7.96. The highest BCUT2D eigenvalue weighted by Crippen LogP contribution is 2.24. The Labute approximate surface area is 159 Å². The second-order valence-electron chi connectivity index (χ2n) is 6.50. The van der Waals surface area contributed by atoms with Crippen LogP contribution in [0.4, 0.5) is 0 Å². The molecule has 1 unspecified atom stereocenters. The number of aldehydes is 1. The maximum atomic E-state index is 12.4. The molecule has 3 N–H and O–H groups in total. The third kappa shape index (κ3) is 6.09. The summed E-state index contributed by atoms with van der Waals surface area (Å²) in [5.41, 5.74) is 2.04. The molecule has 0 heterocycles. The lowest BCUT2D eigenvalue weighted by Gasteiger charge is -2.19. The van der Waals surface area contributed by atoms with Gasteiger partial charge in [0.05, 0.1) is 13.2 Å². The van der Waals surface area contributed by atoms with Crippen LogP contribution in [0.15, 0.2) is 12.1 Å². The summed E-state index contributed by atoms with van der Waals surface area (Å²) in [5.74, 6) is -0.686. The number of methoxy groups -OCH3 is 1. The highest BCUT2D eigenvalue weighted by molar-refractivity contribution is 5.98. The van der Waals surface area contributed by atoms with Gasteiger partial charge >= 0.3 is 0 Å². The minimum atomic E-state index is -0.848. The molecule has 3 amide bonds. The number of carbonyl (C=O) groups excluding carboxylic acids is 4. The van der Waals surface area contributed by atoms with Crippen molar-refractivity contribution in [2.24, 2.45) is 0 Å². The van der Waals surface area contributed by atoms with Crippen molar-refractivity contribution in [3.05, 3.63) is 28.8 Å². The second kappa shape index (κ2) is 9.70. The van der Waals surface area contributed by atoms with E-state index in [4.69, 9.17) is 4.74 Å². The molecule has 1 aromatic rings. The Morgan fingerprint density at radius 3 is 1.89 bits per heavy atom. The summed E-state index contributed by atoms with van der Waals surface area (Å²) in [4.78, 5) is 47.1. The van der Waals surface area contributed by atoms with Gasteiger partial charge in [0.1, 0.15) is 24.1 Å². The van der Waals surface area contributed by atoms with Crippen molar-refractivity contribution in [2.45, 2.75) is 52.7 Å². The number of ether oxygens (including phenoxy) is 1. The van der Waals surface area contributed by atoms with Crippen LogP contribution in [0.5, 0.6) is 5.75 Å². The summed E-state index contributed by atoms with van der Waals surface area (Å²) in [5, 5.41) is 7.55. The Bertz CT molecular complexity index is 709. The summed E-state index contributed by atoms with van der Waals surface area (Å²) in [6, 6.07) is 1.03. The molecule has 0 aromatic heterocycles. The number of benzene rings is 1. The third-order valence-corrected chi connectivity index (χ3v) is 3.99. The van der Waals surface area contributed by atoms with Crippen molar-refractivity contribution in [1.82, 2.24) is 16.0 Å². The Hall–Kier alpha value is -2.90. The number of aryl methyl sites for hydroxylation is 2. The van der Waals surface area contributed by atoms with Gasteiger partial charge in [0, 0.05) is 5.56 Å². The number of amides is 3. The van der Waals surface area contributed by atoms with E-state index in [1.807, 2.05) is 13.8 Å². The van der Waals surface area contributed by atoms with Crippen molar-refractivity contribution < 1.29 is 23.9 Å². The smallest absolute Gasteiger partial charge is 0.251 e. The van der Waals surface area contributed by atoms with Crippen LogP contribution < -0.4 is 20.7 Å². The van der Waals surface area contributed by atoms with Gasteiger partial charge in [-0.05, 0) is 57.9 Å². The molecule has 8 nitrogen and oxygen atoms in total.